The highest BCUT2D eigenvalue weighted by atomic mass is 35.5. The highest BCUT2D eigenvalue weighted by Gasteiger charge is 2.38. The van der Waals surface area contributed by atoms with Crippen LogP contribution >= 0.6 is 11.6 Å². The van der Waals surface area contributed by atoms with Gasteiger partial charge in [0, 0.05) is 13.0 Å². The van der Waals surface area contributed by atoms with Gasteiger partial charge in [0.25, 0.3) is 5.91 Å². The summed E-state index contributed by atoms with van der Waals surface area (Å²) in [6, 6.07) is 4.46. The number of hydrogen-bond donors (Lipinski definition) is 1. The molecule has 0 saturated carbocycles. The van der Waals surface area contributed by atoms with E-state index in [1.54, 1.807) is 19.9 Å². The van der Waals surface area contributed by atoms with Crippen molar-refractivity contribution in [1.29, 1.82) is 0 Å². The molecule has 2 rings (SSSR count). The zero-order valence-electron chi connectivity index (χ0n) is 10.7. The fraction of sp³-hybridized carbons (Fsp3) is 0.385. The molecule has 0 spiro atoms. The molecule has 0 radical (unpaired) electrons. The van der Waals surface area contributed by atoms with E-state index in [4.69, 9.17) is 11.6 Å². The summed E-state index contributed by atoms with van der Waals surface area (Å²) in [5, 5.41) is 2.57. The molecule has 1 saturated heterocycles. The number of benzene rings is 1. The lowest BCUT2D eigenvalue weighted by atomic mass is 10.0. The summed E-state index contributed by atoms with van der Waals surface area (Å²) in [5.41, 5.74) is -0.968. The Balaban J connectivity index is 2.45. The van der Waals surface area contributed by atoms with Crippen LogP contribution in [0.3, 0.4) is 0 Å². The average Bonchev–Trinajstić information content (AvgIpc) is 2.42. The van der Waals surface area contributed by atoms with Crippen molar-refractivity contribution in [2.45, 2.75) is 25.8 Å². The van der Waals surface area contributed by atoms with Crippen LogP contribution in [0.4, 0.5) is 10.1 Å². The number of nitrogens with one attached hydrogen (secondary N) is 1. The second-order valence-corrected chi connectivity index (χ2v) is 5.36. The predicted molar refractivity (Wildman–Crippen MR) is 70.6 cm³/mol. The van der Waals surface area contributed by atoms with Gasteiger partial charge in [0.05, 0.1) is 10.7 Å². The number of carbonyl (C=O) groups is 2. The third-order valence-electron chi connectivity index (χ3n) is 3.02. The van der Waals surface area contributed by atoms with Crippen LogP contribution in [0.15, 0.2) is 18.2 Å². The van der Waals surface area contributed by atoms with Crippen LogP contribution in [0, 0.1) is 5.82 Å². The van der Waals surface area contributed by atoms with E-state index in [0.29, 0.717) is 0 Å². The van der Waals surface area contributed by atoms with Gasteiger partial charge >= 0.3 is 0 Å². The highest BCUT2D eigenvalue weighted by molar-refractivity contribution is 6.31. The highest BCUT2D eigenvalue weighted by Crippen LogP contribution is 2.28. The van der Waals surface area contributed by atoms with Gasteiger partial charge < -0.3 is 10.2 Å². The van der Waals surface area contributed by atoms with Crippen LogP contribution in [0.25, 0.3) is 0 Å². The topological polar surface area (TPSA) is 49.4 Å². The lowest BCUT2D eigenvalue weighted by molar-refractivity contribution is -0.128. The molecule has 0 atom stereocenters. The molecule has 0 aromatic heterocycles. The van der Waals surface area contributed by atoms with E-state index in [9.17, 15) is 14.0 Å². The van der Waals surface area contributed by atoms with E-state index in [1.165, 1.54) is 17.0 Å². The maximum absolute atomic E-state index is 14.0. The lowest BCUT2D eigenvalue weighted by Crippen LogP contribution is -2.53. The molecule has 1 aliphatic heterocycles. The predicted octanol–water partition coefficient (Wildman–Crippen LogP) is 2.11. The molecule has 1 heterocycles. The maximum Gasteiger partial charge on any atom is 0.252 e. The molecule has 2 amide bonds. The number of carbonyl (C=O) groups excluding carboxylic acids is 2. The number of hydrogen-bond acceptors (Lipinski definition) is 2. The molecule has 19 heavy (non-hydrogen) atoms. The van der Waals surface area contributed by atoms with Gasteiger partial charge in [-0.15, -0.1) is 0 Å². The van der Waals surface area contributed by atoms with Crippen molar-refractivity contribution < 1.29 is 14.0 Å². The molecule has 0 unspecified atom stereocenters. The molecule has 102 valence electrons. The van der Waals surface area contributed by atoms with E-state index in [1.807, 2.05) is 0 Å². The van der Waals surface area contributed by atoms with Gasteiger partial charge in [0.1, 0.15) is 5.54 Å². The van der Waals surface area contributed by atoms with Crippen molar-refractivity contribution in [1.82, 2.24) is 5.32 Å². The van der Waals surface area contributed by atoms with Crippen LogP contribution in [0.2, 0.25) is 5.02 Å². The lowest BCUT2D eigenvalue weighted by Gasteiger charge is -2.29. The van der Waals surface area contributed by atoms with E-state index in [0.717, 1.165) is 0 Å². The van der Waals surface area contributed by atoms with Crippen molar-refractivity contribution in [3.8, 4) is 0 Å². The standard InChI is InChI=1S/C13H14ClFN2O2/c1-13(2)12(19)17(7-6-10(18)16-13)9-5-3-4-8(14)11(9)15/h3-5H,6-7H2,1-2H3,(H,16,18). The van der Waals surface area contributed by atoms with Crippen LogP contribution in [0.5, 0.6) is 0 Å². The molecule has 1 aromatic rings. The average molecular weight is 285 g/mol. The first kappa shape index (κ1) is 13.8. The third kappa shape index (κ3) is 2.56. The van der Waals surface area contributed by atoms with Gasteiger partial charge in [-0.3, -0.25) is 9.59 Å². The summed E-state index contributed by atoms with van der Waals surface area (Å²) in [5.74, 6) is -1.24. The van der Waals surface area contributed by atoms with Gasteiger partial charge in [-0.1, -0.05) is 17.7 Å². The Labute approximate surface area is 115 Å². The molecule has 0 aliphatic carbocycles. The van der Waals surface area contributed by atoms with Crippen molar-refractivity contribution in [3.05, 3.63) is 29.0 Å². The summed E-state index contributed by atoms with van der Waals surface area (Å²) < 4.78 is 14.0. The molecular formula is C13H14ClFN2O2. The fourth-order valence-corrected chi connectivity index (χ4v) is 2.22. The minimum absolute atomic E-state index is 0.0494. The van der Waals surface area contributed by atoms with Crippen LogP contribution in [-0.2, 0) is 9.59 Å². The summed E-state index contributed by atoms with van der Waals surface area (Å²) in [6.07, 6.45) is 0.126. The molecule has 6 heteroatoms. The molecular weight excluding hydrogens is 271 g/mol. The quantitative estimate of drug-likeness (QED) is 0.859. The minimum atomic E-state index is -1.07. The Morgan fingerprint density at radius 3 is 2.74 bits per heavy atom. The second-order valence-electron chi connectivity index (χ2n) is 4.95. The van der Waals surface area contributed by atoms with Crippen molar-refractivity contribution in [2.24, 2.45) is 0 Å². The van der Waals surface area contributed by atoms with E-state index in [-0.39, 0.29) is 35.5 Å². The Kier molecular flexibility index (Phi) is 3.49. The summed E-state index contributed by atoms with van der Waals surface area (Å²) in [7, 11) is 0. The van der Waals surface area contributed by atoms with Crippen molar-refractivity contribution >= 4 is 29.1 Å². The Hall–Kier alpha value is -1.62. The third-order valence-corrected chi connectivity index (χ3v) is 3.31. The van der Waals surface area contributed by atoms with Crippen LogP contribution in [-0.4, -0.2) is 23.9 Å². The maximum atomic E-state index is 14.0. The minimum Gasteiger partial charge on any atom is -0.342 e. The zero-order valence-corrected chi connectivity index (χ0v) is 11.4. The van der Waals surface area contributed by atoms with Gasteiger partial charge in [0.15, 0.2) is 5.82 Å². The van der Waals surface area contributed by atoms with Crippen LogP contribution in [0.1, 0.15) is 20.3 Å². The summed E-state index contributed by atoms with van der Waals surface area (Å²) in [6.45, 7) is 3.31. The summed E-state index contributed by atoms with van der Waals surface area (Å²) in [4.78, 5) is 25.2. The number of rotatable bonds is 1. The number of halogens is 2. The monoisotopic (exact) mass is 284 g/mol. The molecule has 1 N–H and O–H groups in total. The first-order valence-corrected chi connectivity index (χ1v) is 6.28. The smallest absolute Gasteiger partial charge is 0.252 e. The number of anilines is 1. The van der Waals surface area contributed by atoms with Gasteiger partial charge in [0.2, 0.25) is 5.91 Å². The van der Waals surface area contributed by atoms with Crippen LogP contribution < -0.4 is 10.2 Å². The largest absolute Gasteiger partial charge is 0.342 e. The molecule has 1 aliphatic rings. The molecule has 1 fully saturated rings. The fourth-order valence-electron chi connectivity index (χ4n) is 2.05. The van der Waals surface area contributed by atoms with E-state index >= 15 is 0 Å². The Morgan fingerprint density at radius 2 is 2.05 bits per heavy atom. The number of amides is 2. The Bertz CT molecular complexity index is 545. The van der Waals surface area contributed by atoms with Gasteiger partial charge in [-0.05, 0) is 26.0 Å². The van der Waals surface area contributed by atoms with E-state index in [2.05, 4.69) is 5.32 Å². The zero-order chi connectivity index (χ0) is 14.2. The van der Waals surface area contributed by atoms with Gasteiger partial charge in [-0.25, -0.2) is 4.39 Å². The van der Waals surface area contributed by atoms with Crippen molar-refractivity contribution in [2.75, 3.05) is 11.4 Å². The first-order chi connectivity index (χ1) is 8.83. The van der Waals surface area contributed by atoms with Crippen molar-refractivity contribution in [3.63, 3.8) is 0 Å². The molecule has 4 nitrogen and oxygen atoms in total. The Morgan fingerprint density at radius 1 is 1.37 bits per heavy atom. The molecule has 1 aromatic carbocycles. The second kappa shape index (κ2) is 4.81. The molecule has 0 bridgehead atoms. The normalized spacial score (nSPS) is 19.1. The summed E-state index contributed by atoms with van der Waals surface area (Å²) >= 11 is 5.73. The van der Waals surface area contributed by atoms with E-state index < -0.39 is 11.4 Å². The van der Waals surface area contributed by atoms with Gasteiger partial charge in [-0.2, -0.15) is 0 Å². The SMILES string of the molecule is CC1(C)NC(=O)CCN(c2cccc(Cl)c2F)C1=O. The first-order valence-electron chi connectivity index (χ1n) is 5.90. The number of nitrogens with zero attached hydrogens (tertiary/aromatic N) is 1.